The second-order valence-electron chi connectivity index (χ2n) is 6.16. The van der Waals surface area contributed by atoms with Gasteiger partial charge in [0.1, 0.15) is 0 Å². The molecule has 5 nitrogen and oxygen atoms in total. The first-order chi connectivity index (χ1) is 12.2. The fourth-order valence-electron chi connectivity index (χ4n) is 2.67. The molecule has 25 heavy (non-hydrogen) atoms. The van der Waals surface area contributed by atoms with E-state index in [4.69, 9.17) is 0 Å². The number of nitrogens with one attached hydrogen (secondary N) is 2. The topological polar surface area (TPSA) is 71.1 Å². The van der Waals surface area contributed by atoms with Crippen LogP contribution in [0.5, 0.6) is 0 Å². The van der Waals surface area contributed by atoms with Gasteiger partial charge < -0.3 is 10.6 Å². The number of pyridine rings is 1. The summed E-state index contributed by atoms with van der Waals surface area (Å²) in [6.07, 6.45) is 3.79. The van der Waals surface area contributed by atoms with Crippen LogP contribution in [0.25, 0.3) is 10.9 Å². The van der Waals surface area contributed by atoms with Gasteiger partial charge in [0.25, 0.3) is 11.8 Å². The number of hydrogen-bond donors (Lipinski definition) is 2. The van der Waals surface area contributed by atoms with Gasteiger partial charge in [-0.3, -0.25) is 14.6 Å². The van der Waals surface area contributed by atoms with Crippen molar-refractivity contribution in [3.05, 3.63) is 71.9 Å². The average Bonchev–Trinajstić information content (AvgIpc) is 3.46. The summed E-state index contributed by atoms with van der Waals surface area (Å²) in [6, 6.07) is 16.5. The van der Waals surface area contributed by atoms with Crippen molar-refractivity contribution in [1.29, 1.82) is 0 Å². The Morgan fingerprint density at radius 3 is 2.28 bits per heavy atom. The zero-order valence-corrected chi connectivity index (χ0v) is 13.5. The van der Waals surface area contributed by atoms with Crippen molar-refractivity contribution in [3.63, 3.8) is 0 Å². The van der Waals surface area contributed by atoms with Crippen LogP contribution in [0.4, 0.5) is 5.69 Å². The molecule has 0 aliphatic heterocycles. The standard InChI is InChI=1S/C20H17N3O2/c24-19(22-16-10-11-16)14-6-8-15(9-7-14)20(25)23-17-5-1-3-13-4-2-12-21-18(13)17/h1-9,12,16H,10-11H2,(H,22,24)(H,23,25). The van der Waals surface area contributed by atoms with E-state index in [1.807, 2.05) is 30.3 Å². The van der Waals surface area contributed by atoms with Crippen LogP contribution in [-0.2, 0) is 0 Å². The van der Waals surface area contributed by atoms with Gasteiger partial charge in [0, 0.05) is 28.8 Å². The van der Waals surface area contributed by atoms with Crippen LogP contribution in [-0.4, -0.2) is 22.8 Å². The zero-order chi connectivity index (χ0) is 17.2. The van der Waals surface area contributed by atoms with E-state index in [-0.39, 0.29) is 11.8 Å². The average molecular weight is 331 g/mol. The predicted molar refractivity (Wildman–Crippen MR) is 96.6 cm³/mol. The monoisotopic (exact) mass is 331 g/mol. The Bertz CT molecular complexity index is 941. The SMILES string of the molecule is O=C(Nc1cccc2cccnc12)c1ccc(C(=O)NC2CC2)cc1. The molecule has 2 N–H and O–H groups in total. The first-order valence-electron chi connectivity index (χ1n) is 8.27. The summed E-state index contributed by atoms with van der Waals surface area (Å²) in [7, 11) is 0. The highest BCUT2D eigenvalue weighted by Crippen LogP contribution is 2.22. The molecule has 2 amide bonds. The lowest BCUT2D eigenvalue weighted by atomic mass is 10.1. The number of rotatable bonds is 4. The molecule has 0 atom stereocenters. The molecule has 4 rings (SSSR count). The smallest absolute Gasteiger partial charge is 0.255 e. The maximum Gasteiger partial charge on any atom is 0.255 e. The normalized spacial score (nSPS) is 13.4. The van der Waals surface area contributed by atoms with Gasteiger partial charge >= 0.3 is 0 Å². The van der Waals surface area contributed by atoms with Crippen molar-refractivity contribution in [2.45, 2.75) is 18.9 Å². The van der Waals surface area contributed by atoms with Gasteiger partial charge in [-0.05, 0) is 49.2 Å². The highest BCUT2D eigenvalue weighted by Gasteiger charge is 2.23. The van der Waals surface area contributed by atoms with E-state index >= 15 is 0 Å². The maximum absolute atomic E-state index is 12.5. The minimum atomic E-state index is -0.229. The lowest BCUT2D eigenvalue weighted by Gasteiger charge is -2.09. The van der Waals surface area contributed by atoms with Gasteiger partial charge in [-0.15, -0.1) is 0 Å². The molecular formula is C20H17N3O2. The summed E-state index contributed by atoms with van der Waals surface area (Å²) < 4.78 is 0. The van der Waals surface area contributed by atoms with E-state index < -0.39 is 0 Å². The molecule has 0 bridgehead atoms. The molecule has 5 heteroatoms. The van der Waals surface area contributed by atoms with Gasteiger partial charge in [0.05, 0.1) is 11.2 Å². The van der Waals surface area contributed by atoms with Crippen molar-refractivity contribution >= 4 is 28.4 Å². The Balaban J connectivity index is 1.51. The quantitative estimate of drug-likeness (QED) is 0.770. The number of nitrogens with zero attached hydrogens (tertiary/aromatic N) is 1. The van der Waals surface area contributed by atoms with Crippen LogP contribution in [0.2, 0.25) is 0 Å². The van der Waals surface area contributed by atoms with Crippen LogP contribution < -0.4 is 10.6 Å². The molecule has 0 unspecified atom stereocenters. The Morgan fingerprint density at radius 1 is 0.880 bits per heavy atom. The van der Waals surface area contributed by atoms with E-state index in [1.54, 1.807) is 30.5 Å². The minimum absolute atomic E-state index is 0.0901. The van der Waals surface area contributed by atoms with E-state index in [1.165, 1.54) is 0 Å². The predicted octanol–water partition coefficient (Wildman–Crippen LogP) is 3.38. The molecule has 0 spiro atoms. The van der Waals surface area contributed by atoms with E-state index in [2.05, 4.69) is 15.6 Å². The Hall–Kier alpha value is -3.21. The highest BCUT2D eigenvalue weighted by molar-refractivity contribution is 6.08. The van der Waals surface area contributed by atoms with Crippen molar-refractivity contribution in [1.82, 2.24) is 10.3 Å². The lowest BCUT2D eigenvalue weighted by Crippen LogP contribution is -2.25. The summed E-state index contributed by atoms with van der Waals surface area (Å²) in [6.45, 7) is 0. The molecule has 0 saturated heterocycles. The number of benzene rings is 2. The molecule has 3 aromatic rings. The van der Waals surface area contributed by atoms with Crippen molar-refractivity contribution in [3.8, 4) is 0 Å². The van der Waals surface area contributed by atoms with Gasteiger partial charge in [-0.25, -0.2) is 0 Å². The van der Waals surface area contributed by atoms with Crippen LogP contribution in [0.3, 0.4) is 0 Å². The van der Waals surface area contributed by atoms with Gasteiger partial charge in [-0.2, -0.15) is 0 Å². The summed E-state index contributed by atoms with van der Waals surface area (Å²) >= 11 is 0. The van der Waals surface area contributed by atoms with Crippen molar-refractivity contribution in [2.75, 3.05) is 5.32 Å². The summed E-state index contributed by atoms with van der Waals surface area (Å²) in [5.74, 6) is -0.319. The second-order valence-corrected chi connectivity index (χ2v) is 6.16. The highest BCUT2D eigenvalue weighted by atomic mass is 16.2. The van der Waals surface area contributed by atoms with Gasteiger partial charge in [0.15, 0.2) is 0 Å². The maximum atomic E-state index is 12.5. The number of hydrogen-bond acceptors (Lipinski definition) is 3. The number of amides is 2. The van der Waals surface area contributed by atoms with Crippen molar-refractivity contribution < 1.29 is 9.59 Å². The third-order valence-corrected chi connectivity index (χ3v) is 4.20. The fraction of sp³-hybridized carbons (Fsp3) is 0.150. The first kappa shape index (κ1) is 15.3. The van der Waals surface area contributed by atoms with Crippen LogP contribution in [0, 0.1) is 0 Å². The van der Waals surface area contributed by atoms with Crippen LogP contribution in [0.1, 0.15) is 33.6 Å². The summed E-state index contributed by atoms with van der Waals surface area (Å²) in [5.41, 5.74) is 2.48. The molecule has 1 fully saturated rings. The van der Waals surface area contributed by atoms with Crippen LogP contribution in [0.15, 0.2) is 60.8 Å². The molecule has 1 heterocycles. The number of carbonyl (C=O) groups excluding carboxylic acids is 2. The third kappa shape index (κ3) is 3.35. The van der Waals surface area contributed by atoms with Gasteiger partial charge in [-0.1, -0.05) is 18.2 Å². The molecule has 0 radical (unpaired) electrons. The Labute approximate surface area is 145 Å². The fourth-order valence-corrected chi connectivity index (χ4v) is 2.67. The largest absolute Gasteiger partial charge is 0.349 e. The van der Waals surface area contributed by atoms with E-state index in [0.29, 0.717) is 22.9 Å². The van der Waals surface area contributed by atoms with E-state index in [0.717, 1.165) is 23.7 Å². The molecule has 1 aliphatic rings. The molecule has 124 valence electrons. The van der Waals surface area contributed by atoms with Crippen molar-refractivity contribution in [2.24, 2.45) is 0 Å². The third-order valence-electron chi connectivity index (χ3n) is 4.20. The number of para-hydroxylation sites is 1. The molecule has 2 aromatic carbocycles. The zero-order valence-electron chi connectivity index (χ0n) is 13.5. The Kier molecular flexibility index (Phi) is 3.90. The second kappa shape index (κ2) is 6.36. The van der Waals surface area contributed by atoms with Gasteiger partial charge in [0.2, 0.25) is 0 Å². The molecule has 1 aromatic heterocycles. The molecule has 1 aliphatic carbocycles. The Morgan fingerprint density at radius 2 is 1.56 bits per heavy atom. The summed E-state index contributed by atoms with van der Waals surface area (Å²) in [4.78, 5) is 28.8. The number of carbonyl (C=O) groups is 2. The number of fused-ring (bicyclic) bond motifs is 1. The van der Waals surface area contributed by atoms with E-state index in [9.17, 15) is 9.59 Å². The minimum Gasteiger partial charge on any atom is -0.349 e. The molecule has 1 saturated carbocycles. The lowest BCUT2D eigenvalue weighted by molar-refractivity contribution is 0.0949. The molecular weight excluding hydrogens is 314 g/mol. The first-order valence-corrected chi connectivity index (χ1v) is 8.27. The number of anilines is 1. The van der Waals surface area contributed by atoms with Crippen LogP contribution >= 0.6 is 0 Å². The number of aromatic nitrogens is 1. The summed E-state index contributed by atoms with van der Waals surface area (Å²) in [5, 5.41) is 6.79.